The average Bonchev–Trinajstić information content (AvgIpc) is 3.01. The average molecular weight is 345 g/mol. The molecule has 1 aliphatic carbocycles. The van der Waals surface area contributed by atoms with E-state index in [-0.39, 0.29) is 0 Å². The molecule has 26 heavy (non-hydrogen) atoms. The summed E-state index contributed by atoms with van der Waals surface area (Å²) in [5.74, 6) is 2.76. The van der Waals surface area contributed by atoms with Crippen molar-refractivity contribution in [3.8, 4) is 11.1 Å². The Morgan fingerprint density at radius 1 is 1.15 bits per heavy atom. The second-order valence-corrected chi connectivity index (χ2v) is 7.71. The van der Waals surface area contributed by atoms with Gasteiger partial charge in [-0.1, -0.05) is 18.7 Å². The number of anilines is 1. The van der Waals surface area contributed by atoms with Gasteiger partial charge in [0, 0.05) is 55.7 Å². The Morgan fingerprint density at radius 3 is 2.77 bits per heavy atom. The zero-order valence-electron chi connectivity index (χ0n) is 15.0. The first kappa shape index (κ1) is 15.6. The minimum atomic E-state index is 0.857. The highest BCUT2D eigenvalue weighted by Crippen LogP contribution is 2.44. The van der Waals surface area contributed by atoms with Crippen molar-refractivity contribution < 1.29 is 0 Å². The molecule has 2 unspecified atom stereocenters. The van der Waals surface area contributed by atoms with Gasteiger partial charge in [-0.05, 0) is 41.3 Å². The lowest BCUT2D eigenvalue weighted by Gasteiger charge is -2.19. The molecule has 1 aromatic carbocycles. The number of piperidine rings is 1. The molecular weight excluding hydrogens is 322 g/mol. The molecule has 1 N–H and O–H groups in total. The van der Waals surface area contributed by atoms with Crippen molar-refractivity contribution in [3.63, 3.8) is 0 Å². The van der Waals surface area contributed by atoms with Crippen LogP contribution in [0.4, 0.5) is 5.82 Å². The van der Waals surface area contributed by atoms with Gasteiger partial charge >= 0.3 is 0 Å². The van der Waals surface area contributed by atoms with Crippen molar-refractivity contribution in [1.82, 2.24) is 19.7 Å². The number of likely N-dealkylation sites (tertiary alicyclic amines) is 1. The molecule has 5 heteroatoms. The number of pyridine rings is 1. The fraction of sp³-hybridized carbons (Fsp3) is 0.333. The first-order valence-electron chi connectivity index (χ1n) is 9.20. The molecule has 2 aliphatic rings. The Morgan fingerprint density at radius 2 is 2.00 bits per heavy atom. The number of nitrogens with one attached hydrogen (secondary N) is 1. The Hall–Kier alpha value is -2.66. The Balaban J connectivity index is 1.33. The molecule has 5 nitrogen and oxygen atoms in total. The van der Waals surface area contributed by atoms with Gasteiger partial charge < -0.3 is 5.32 Å². The molecule has 2 atom stereocenters. The van der Waals surface area contributed by atoms with Crippen LogP contribution in [0.2, 0.25) is 0 Å². The summed E-state index contributed by atoms with van der Waals surface area (Å²) in [6.07, 6.45) is 7.28. The third-order valence-corrected chi connectivity index (χ3v) is 5.53. The van der Waals surface area contributed by atoms with Gasteiger partial charge in [0.25, 0.3) is 0 Å². The van der Waals surface area contributed by atoms with E-state index in [4.69, 9.17) is 0 Å². The van der Waals surface area contributed by atoms with Crippen LogP contribution in [-0.4, -0.2) is 39.3 Å². The first-order valence-corrected chi connectivity index (χ1v) is 9.20. The third kappa shape index (κ3) is 2.99. The molecule has 3 aromatic rings. The fourth-order valence-electron chi connectivity index (χ4n) is 4.07. The predicted octanol–water partition coefficient (Wildman–Crippen LogP) is 3.51. The monoisotopic (exact) mass is 345 g/mol. The second-order valence-electron chi connectivity index (χ2n) is 7.71. The summed E-state index contributed by atoms with van der Waals surface area (Å²) in [7, 11) is 1.94. The van der Waals surface area contributed by atoms with Crippen molar-refractivity contribution in [3.05, 3.63) is 55.1 Å². The van der Waals surface area contributed by atoms with Gasteiger partial charge in [0.15, 0.2) is 0 Å². The highest BCUT2D eigenvalue weighted by molar-refractivity contribution is 5.88. The van der Waals surface area contributed by atoms with Gasteiger partial charge in [-0.2, -0.15) is 5.10 Å². The van der Waals surface area contributed by atoms with Crippen molar-refractivity contribution >= 4 is 16.6 Å². The standard InChI is InChI=1S/C21H23N5/c1-14(10-26-12-18-6-19(18)13-26)24-21-7-17-5-15(3-4-16(17)8-22-21)20-9-23-25(2)11-20/h3-5,7-9,11,18-19H,1,6,10,12-13H2,2H3,(H,22,24). The molecule has 0 radical (unpaired) electrons. The molecule has 0 spiro atoms. The maximum absolute atomic E-state index is 4.54. The van der Waals surface area contributed by atoms with E-state index in [2.05, 4.69) is 51.1 Å². The normalized spacial score (nSPS) is 21.7. The smallest absolute Gasteiger partial charge is 0.130 e. The minimum Gasteiger partial charge on any atom is -0.343 e. The molecule has 5 rings (SSSR count). The maximum Gasteiger partial charge on any atom is 0.130 e. The van der Waals surface area contributed by atoms with Crippen LogP contribution >= 0.6 is 0 Å². The lowest BCUT2D eigenvalue weighted by Crippen LogP contribution is -2.27. The summed E-state index contributed by atoms with van der Waals surface area (Å²) in [6.45, 7) is 7.56. The van der Waals surface area contributed by atoms with Gasteiger partial charge in [-0.15, -0.1) is 0 Å². The fourth-order valence-corrected chi connectivity index (χ4v) is 4.07. The SMILES string of the molecule is C=C(CN1CC2CC2C1)Nc1cc2cc(-c3cnn(C)c3)ccc2cn1. The molecule has 0 bridgehead atoms. The highest BCUT2D eigenvalue weighted by atomic mass is 15.2. The lowest BCUT2D eigenvalue weighted by molar-refractivity contribution is 0.331. The molecular formula is C21H23N5. The van der Waals surface area contributed by atoms with Crippen LogP contribution in [0.3, 0.4) is 0 Å². The molecule has 2 aromatic heterocycles. The number of nitrogens with zero attached hydrogens (tertiary/aromatic N) is 4. The number of aryl methyl sites for hydroxylation is 1. The molecule has 2 fully saturated rings. The van der Waals surface area contributed by atoms with Crippen molar-refractivity contribution in [2.75, 3.05) is 25.0 Å². The summed E-state index contributed by atoms with van der Waals surface area (Å²) in [4.78, 5) is 7.04. The van der Waals surface area contributed by atoms with Gasteiger partial charge in [-0.25, -0.2) is 4.98 Å². The number of hydrogen-bond acceptors (Lipinski definition) is 4. The van der Waals surface area contributed by atoms with E-state index in [1.807, 2.05) is 30.3 Å². The van der Waals surface area contributed by atoms with Crippen LogP contribution in [0.25, 0.3) is 21.9 Å². The molecule has 1 saturated carbocycles. The number of rotatable bonds is 5. The Bertz CT molecular complexity index is 979. The van der Waals surface area contributed by atoms with Gasteiger partial charge in [0.05, 0.1) is 6.20 Å². The first-order chi connectivity index (χ1) is 12.6. The van der Waals surface area contributed by atoms with Gasteiger partial charge in [0.2, 0.25) is 0 Å². The molecule has 132 valence electrons. The van der Waals surface area contributed by atoms with Crippen molar-refractivity contribution in [2.24, 2.45) is 18.9 Å². The minimum absolute atomic E-state index is 0.857. The molecule has 3 heterocycles. The topological polar surface area (TPSA) is 46.0 Å². The summed E-state index contributed by atoms with van der Waals surface area (Å²) >= 11 is 0. The van der Waals surface area contributed by atoms with E-state index in [1.54, 1.807) is 0 Å². The zero-order valence-corrected chi connectivity index (χ0v) is 15.0. The van der Waals surface area contributed by atoms with E-state index in [0.29, 0.717) is 0 Å². The molecule has 1 saturated heterocycles. The summed E-state index contributed by atoms with van der Waals surface area (Å²) < 4.78 is 1.82. The van der Waals surface area contributed by atoms with E-state index >= 15 is 0 Å². The molecule has 1 aliphatic heterocycles. The van der Waals surface area contributed by atoms with Crippen LogP contribution in [0, 0.1) is 11.8 Å². The number of benzene rings is 1. The van der Waals surface area contributed by atoms with E-state index in [0.717, 1.165) is 46.4 Å². The van der Waals surface area contributed by atoms with Crippen LogP contribution in [0.5, 0.6) is 0 Å². The number of aromatic nitrogens is 3. The van der Waals surface area contributed by atoms with Crippen molar-refractivity contribution in [2.45, 2.75) is 6.42 Å². The van der Waals surface area contributed by atoms with Crippen LogP contribution in [-0.2, 0) is 7.05 Å². The predicted molar refractivity (Wildman–Crippen MR) is 105 cm³/mol. The van der Waals surface area contributed by atoms with Crippen LogP contribution in [0.15, 0.2) is 55.1 Å². The third-order valence-electron chi connectivity index (χ3n) is 5.53. The number of hydrogen-bond donors (Lipinski definition) is 1. The van der Waals surface area contributed by atoms with Crippen LogP contribution < -0.4 is 5.32 Å². The van der Waals surface area contributed by atoms with Gasteiger partial charge in [0.1, 0.15) is 5.82 Å². The van der Waals surface area contributed by atoms with Crippen molar-refractivity contribution in [1.29, 1.82) is 0 Å². The highest BCUT2D eigenvalue weighted by Gasteiger charge is 2.44. The maximum atomic E-state index is 4.54. The van der Waals surface area contributed by atoms with Crippen LogP contribution in [0.1, 0.15) is 6.42 Å². The summed E-state index contributed by atoms with van der Waals surface area (Å²) in [5, 5.41) is 9.95. The lowest BCUT2D eigenvalue weighted by atomic mass is 10.1. The number of fused-ring (bicyclic) bond motifs is 2. The zero-order chi connectivity index (χ0) is 17.7. The Kier molecular flexibility index (Phi) is 3.57. The second kappa shape index (κ2) is 5.95. The van der Waals surface area contributed by atoms with E-state index < -0.39 is 0 Å². The quantitative estimate of drug-likeness (QED) is 0.769. The van der Waals surface area contributed by atoms with E-state index in [9.17, 15) is 0 Å². The van der Waals surface area contributed by atoms with Gasteiger partial charge in [-0.3, -0.25) is 9.58 Å². The molecule has 0 amide bonds. The summed E-state index contributed by atoms with van der Waals surface area (Å²) in [6, 6.07) is 8.52. The Labute approximate surface area is 153 Å². The summed E-state index contributed by atoms with van der Waals surface area (Å²) in [5.41, 5.74) is 3.30. The largest absolute Gasteiger partial charge is 0.343 e. The van der Waals surface area contributed by atoms with E-state index in [1.165, 1.54) is 24.9 Å².